The van der Waals surface area contributed by atoms with E-state index in [1.54, 1.807) is 36.4 Å². The molecule has 0 unspecified atom stereocenters. The van der Waals surface area contributed by atoms with Gasteiger partial charge in [-0.2, -0.15) is 0 Å². The molecule has 2 aromatic carbocycles. The lowest BCUT2D eigenvalue weighted by Crippen LogP contribution is -1.93. The molecule has 2 N–H and O–H groups in total. The van der Waals surface area contributed by atoms with Crippen molar-refractivity contribution in [2.75, 3.05) is 10.6 Å². The Labute approximate surface area is 119 Å². The molecule has 21 heavy (non-hydrogen) atoms. The molecule has 0 saturated carbocycles. The Morgan fingerprint density at radius 1 is 0.952 bits per heavy atom. The molecule has 3 rings (SSSR count). The zero-order valence-electron chi connectivity index (χ0n) is 10.9. The van der Waals surface area contributed by atoms with Gasteiger partial charge in [-0.05, 0) is 30.3 Å². The quantitative estimate of drug-likeness (QED) is 0.704. The number of aromatic nitrogens is 1. The number of benzene rings is 2. The normalized spacial score (nSPS) is 10.3. The zero-order valence-corrected chi connectivity index (χ0v) is 10.9. The summed E-state index contributed by atoms with van der Waals surface area (Å²) in [5.41, 5.74) is 3.31. The molecule has 3 aromatic rings. The lowest BCUT2D eigenvalue weighted by Gasteiger charge is -2.00. The molecule has 0 aliphatic carbocycles. The molecule has 0 spiro atoms. The molecule has 0 radical (unpaired) electrons. The van der Waals surface area contributed by atoms with E-state index < -0.39 is 0 Å². The van der Waals surface area contributed by atoms with Crippen molar-refractivity contribution < 1.29 is 14.0 Å². The van der Waals surface area contributed by atoms with Crippen LogP contribution in [0.2, 0.25) is 0 Å². The van der Waals surface area contributed by atoms with Crippen molar-refractivity contribution in [3.8, 4) is 11.5 Å². The minimum absolute atomic E-state index is 0.447. The standard InChI is InChI=1S/C15H11N3O3/c19-8-16-11-3-1-2-10(6-11)15-18-13-5-4-12(17-9-20)7-14(13)21-15/h1-9H,(H,16,19)(H,17,20). The second kappa shape index (κ2) is 5.46. The molecule has 6 nitrogen and oxygen atoms in total. The Kier molecular flexibility index (Phi) is 3.34. The second-order valence-electron chi connectivity index (χ2n) is 4.31. The molecule has 2 amide bonds. The van der Waals surface area contributed by atoms with Gasteiger partial charge in [0.1, 0.15) is 5.52 Å². The first kappa shape index (κ1) is 12.9. The number of nitrogens with zero attached hydrogens (tertiary/aromatic N) is 1. The van der Waals surface area contributed by atoms with Crippen LogP contribution < -0.4 is 10.6 Å². The average molecular weight is 281 g/mol. The van der Waals surface area contributed by atoms with E-state index in [4.69, 9.17) is 4.42 Å². The SMILES string of the molecule is O=CNc1cccc(-c2nc3ccc(NC=O)cc3o2)c1. The smallest absolute Gasteiger partial charge is 0.227 e. The van der Waals surface area contributed by atoms with E-state index in [1.165, 1.54) is 0 Å². The fourth-order valence-electron chi connectivity index (χ4n) is 2.02. The van der Waals surface area contributed by atoms with E-state index in [-0.39, 0.29) is 0 Å². The molecule has 0 aliphatic rings. The summed E-state index contributed by atoms with van der Waals surface area (Å²) in [5, 5.41) is 5.14. The molecule has 6 heteroatoms. The van der Waals surface area contributed by atoms with Crippen LogP contribution in [0.15, 0.2) is 46.9 Å². The van der Waals surface area contributed by atoms with E-state index in [0.29, 0.717) is 41.2 Å². The largest absolute Gasteiger partial charge is 0.436 e. The van der Waals surface area contributed by atoms with Crippen LogP contribution in [-0.2, 0) is 9.59 Å². The minimum atomic E-state index is 0.447. The number of nitrogens with one attached hydrogen (secondary N) is 2. The van der Waals surface area contributed by atoms with Gasteiger partial charge in [-0.3, -0.25) is 9.59 Å². The van der Waals surface area contributed by atoms with Crippen LogP contribution in [0, 0.1) is 0 Å². The van der Waals surface area contributed by atoms with Crippen LogP contribution >= 0.6 is 0 Å². The molecule has 0 bridgehead atoms. The molecule has 0 atom stereocenters. The van der Waals surface area contributed by atoms with Gasteiger partial charge in [-0.25, -0.2) is 4.98 Å². The van der Waals surface area contributed by atoms with Crippen LogP contribution in [0.25, 0.3) is 22.6 Å². The number of hydrogen-bond donors (Lipinski definition) is 2. The van der Waals surface area contributed by atoms with Crippen LogP contribution in [0.4, 0.5) is 11.4 Å². The third-order valence-corrected chi connectivity index (χ3v) is 2.95. The number of oxazole rings is 1. The Balaban J connectivity index is 2.02. The first-order chi connectivity index (χ1) is 10.3. The highest BCUT2D eigenvalue weighted by atomic mass is 16.3. The third-order valence-electron chi connectivity index (χ3n) is 2.95. The summed E-state index contributed by atoms with van der Waals surface area (Å²) in [5.74, 6) is 0.447. The molecular weight excluding hydrogens is 270 g/mol. The van der Waals surface area contributed by atoms with Crippen molar-refractivity contribution >= 4 is 35.3 Å². The first-order valence-corrected chi connectivity index (χ1v) is 6.21. The summed E-state index contributed by atoms with van der Waals surface area (Å²) in [7, 11) is 0. The summed E-state index contributed by atoms with van der Waals surface area (Å²) in [4.78, 5) is 25.3. The second-order valence-corrected chi connectivity index (χ2v) is 4.31. The zero-order chi connectivity index (χ0) is 14.7. The Bertz CT molecular complexity index is 811. The summed E-state index contributed by atoms with van der Waals surface area (Å²) < 4.78 is 5.69. The van der Waals surface area contributed by atoms with Crippen LogP contribution in [0.5, 0.6) is 0 Å². The van der Waals surface area contributed by atoms with Gasteiger partial charge in [0.15, 0.2) is 5.58 Å². The number of amides is 2. The maximum Gasteiger partial charge on any atom is 0.227 e. The molecular formula is C15H11N3O3. The highest BCUT2D eigenvalue weighted by Crippen LogP contribution is 2.27. The minimum Gasteiger partial charge on any atom is -0.436 e. The number of carbonyl (C=O) groups is 2. The lowest BCUT2D eigenvalue weighted by atomic mass is 10.2. The fourth-order valence-corrected chi connectivity index (χ4v) is 2.02. The summed E-state index contributed by atoms with van der Waals surface area (Å²) in [6.07, 6.45) is 1.22. The van der Waals surface area contributed by atoms with Crippen LogP contribution in [0.1, 0.15) is 0 Å². The molecule has 1 heterocycles. The van der Waals surface area contributed by atoms with Crippen molar-refractivity contribution in [3.05, 3.63) is 42.5 Å². The van der Waals surface area contributed by atoms with Gasteiger partial charge in [0.05, 0.1) is 0 Å². The molecule has 0 fully saturated rings. The van der Waals surface area contributed by atoms with Gasteiger partial charge in [0.25, 0.3) is 0 Å². The Morgan fingerprint density at radius 2 is 1.71 bits per heavy atom. The molecule has 0 aliphatic heterocycles. The maximum absolute atomic E-state index is 10.5. The van der Waals surface area contributed by atoms with Gasteiger partial charge >= 0.3 is 0 Å². The monoisotopic (exact) mass is 281 g/mol. The Hall–Kier alpha value is -3.15. The summed E-state index contributed by atoms with van der Waals surface area (Å²) in [6, 6.07) is 12.4. The van der Waals surface area contributed by atoms with Crippen molar-refractivity contribution in [2.24, 2.45) is 0 Å². The molecule has 104 valence electrons. The number of hydrogen-bond acceptors (Lipinski definition) is 4. The molecule has 1 aromatic heterocycles. The van der Waals surface area contributed by atoms with E-state index in [1.807, 2.05) is 6.07 Å². The molecule has 0 saturated heterocycles. The number of anilines is 2. The number of rotatable bonds is 5. The topological polar surface area (TPSA) is 84.2 Å². The Morgan fingerprint density at radius 3 is 2.48 bits per heavy atom. The van der Waals surface area contributed by atoms with Gasteiger partial charge in [0.2, 0.25) is 18.7 Å². The number of carbonyl (C=O) groups excluding carboxylic acids is 2. The van der Waals surface area contributed by atoms with Gasteiger partial charge in [-0.1, -0.05) is 6.07 Å². The first-order valence-electron chi connectivity index (χ1n) is 6.21. The third kappa shape index (κ3) is 2.59. The lowest BCUT2D eigenvalue weighted by molar-refractivity contribution is -0.106. The van der Waals surface area contributed by atoms with Gasteiger partial charge in [-0.15, -0.1) is 0 Å². The average Bonchev–Trinajstić information content (AvgIpc) is 2.91. The predicted molar refractivity (Wildman–Crippen MR) is 78.8 cm³/mol. The van der Waals surface area contributed by atoms with Crippen molar-refractivity contribution in [2.45, 2.75) is 0 Å². The van der Waals surface area contributed by atoms with Crippen LogP contribution in [0.3, 0.4) is 0 Å². The van der Waals surface area contributed by atoms with Gasteiger partial charge < -0.3 is 15.1 Å². The van der Waals surface area contributed by atoms with E-state index in [9.17, 15) is 9.59 Å². The fraction of sp³-hybridized carbons (Fsp3) is 0. The van der Waals surface area contributed by atoms with Crippen molar-refractivity contribution in [1.82, 2.24) is 4.98 Å². The number of fused-ring (bicyclic) bond motifs is 1. The highest BCUT2D eigenvalue weighted by molar-refractivity contribution is 5.83. The highest BCUT2D eigenvalue weighted by Gasteiger charge is 2.09. The van der Waals surface area contributed by atoms with Crippen LogP contribution in [-0.4, -0.2) is 17.8 Å². The van der Waals surface area contributed by atoms with E-state index >= 15 is 0 Å². The van der Waals surface area contributed by atoms with Gasteiger partial charge in [0, 0.05) is 23.0 Å². The van der Waals surface area contributed by atoms with Crippen molar-refractivity contribution in [3.63, 3.8) is 0 Å². The van der Waals surface area contributed by atoms with Crippen molar-refractivity contribution in [1.29, 1.82) is 0 Å². The predicted octanol–water partition coefficient (Wildman–Crippen LogP) is 2.63. The summed E-state index contributed by atoms with van der Waals surface area (Å²) >= 11 is 0. The van der Waals surface area contributed by atoms with E-state index in [2.05, 4.69) is 15.6 Å². The summed E-state index contributed by atoms with van der Waals surface area (Å²) in [6.45, 7) is 0. The maximum atomic E-state index is 10.5. The van der Waals surface area contributed by atoms with E-state index in [0.717, 1.165) is 5.56 Å².